The van der Waals surface area contributed by atoms with Crippen LogP contribution in [0.3, 0.4) is 0 Å². The van der Waals surface area contributed by atoms with Gasteiger partial charge in [0.1, 0.15) is 0 Å². The van der Waals surface area contributed by atoms with Gasteiger partial charge in [-0.05, 0) is 19.4 Å². The van der Waals surface area contributed by atoms with Gasteiger partial charge in [-0.1, -0.05) is 42.1 Å². The minimum Gasteiger partial charge on any atom is -0.349 e. The highest BCUT2D eigenvalue weighted by molar-refractivity contribution is 8.01. The third-order valence-electron chi connectivity index (χ3n) is 2.60. The quantitative estimate of drug-likeness (QED) is 0.859. The summed E-state index contributed by atoms with van der Waals surface area (Å²) in [4.78, 5) is 16.2. The Kier molecular flexibility index (Phi) is 4.99. The average Bonchev–Trinajstić information content (AvgIpc) is 2.83. The van der Waals surface area contributed by atoms with E-state index in [-0.39, 0.29) is 11.9 Å². The minimum absolute atomic E-state index is 0.0346. The molecule has 0 saturated heterocycles. The molecule has 5 heteroatoms. The fourth-order valence-corrected chi connectivity index (χ4v) is 3.29. The van der Waals surface area contributed by atoms with Gasteiger partial charge in [-0.2, -0.15) is 0 Å². The number of hydrogen-bond donors (Lipinski definition) is 1. The number of benzene rings is 1. The van der Waals surface area contributed by atoms with Gasteiger partial charge in [0.25, 0.3) is 0 Å². The summed E-state index contributed by atoms with van der Waals surface area (Å²) < 4.78 is 0.944. The Morgan fingerprint density at radius 1 is 1.42 bits per heavy atom. The first kappa shape index (κ1) is 14.1. The predicted molar refractivity (Wildman–Crippen MR) is 80.6 cm³/mol. The number of nitrogens with zero attached hydrogens (tertiary/aromatic N) is 1. The van der Waals surface area contributed by atoms with Crippen LogP contribution in [-0.2, 0) is 4.79 Å². The van der Waals surface area contributed by atoms with E-state index in [9.17, 15) is 4.79 Å². The third-order valence-corrected chi connectivity index (χ3v) is 4.74. The number of aryl methyl sites for hydroxylation is 1. The van der Waals surface area contributed by atoms with E-state index < -0.39 is 0 Å². The van der Waals surface area contributed by atoms with Gasteiger partial charge in [0.05, 0.1) is 11.8 Å². The van der Waals surface area contributed by atoms with E-state index in [1.165, 1.54) is 11.8 Å². The number of carbonyl (C=O) groups excluding carboxylic acids is 1. The van der Waals surface area contributed by atoms with Gasteiger partial charge in [-0.15, -0.1) is 11.3 Å². The molecular formula is C14H16N2OS2. The number of thiazole rings is 1. The number of thioether (sulfide) groups is 1. The van der Waals surface area contributed by atoms with Crippen molar-refractivity contribution in [3.8, 4) is 0 Å². The molecule has 1 atom stereocenters. The zero-order valence-electron chi connectivity index (χ0n) is 10.9. The molecule has 1 heterocycles. The Hall–Kier alpha value is -1.33. The first-order chi connectivity index (χ1) is 9.15. The summed E-state index contributed by atoms with van der Waals surface area (Å²) in [6.45, 7) is 3.95. The molecule has 0 fully saturated rings. The maximum Gasteiger partial charge on any atom is 0.230 e. The summed E-state index contributed by atoms with van der Waals surface area (Å²) in [5, 5.41) is 4.98. The highest BCUT2D eigenvalue weighted by Crippen LogP contribution is 2.22. The molecule has 0 aliphatic heterocycles. The van der Waals surface area contributed by atoms with Crippen molar-refractivity contribution in [2.24, 2.45) is 0 Å². The Morgan fingerprint density at radius 2 is 2.16 bits per heavy atom. The van der Waals surface area contributed by atoms with E-state index in [0.717, 1.165) is 15.6 Å². The maximum absolute atomic E-state index is 11.9. The first-order valence-electron chi connectivity index (χ1n) is 6.04. The SMILES string of the molecule is Cc1csc(SCC(=O)N[C@H](C)c2ccccc2)n1. The summed E-state index contributed by atoms with van der Waals surface area (Å²) in [5.41, 5.74) is 2.12. The van der Waals surface area contributed by atoms with Gasteiger partial charge < -0.3 is 5.32 Å². The lowest BCUT2D eigenvalue weighted by molar-refractivity contribution is -0.119. The normalized spacial score (nSPS) is 12.1. The van der Waals surface area contributed by atoms with Gasteiger partial charge in [-0.3, -0.25) is 4.79 Å². The van der Waals surface area contributed by atoms with E-state index in [2.05, 4.69) is 10.3 Å². The van der Waals surface area contributed by atoms with Crippen molar-refractivity contribution in [1.82, 2.24) is 10.3 Å². The van der Waals surface area contributed by atoms with Crippen LogP contribution >= 0.6 is 23.1 Å². The number of carbonyl (C=O) groups is 1. The Morgan fingerprint density at radius 3 is 2.79 bits per heavy atom. The van der Waals surface area contributed by atoms with Crippen LogP contribution in [0.2, 0.25) is 0 Å². The van der Waals surface area contributed by atoms with Crippen molar-refractivity contribution in [2.45, 2.75) is 24.2 Å². The lowest BCUT2D eigenvalue weighted by Crippen LogP contribution is -2.28. The van der Waals surface area contributed by atoms with Crippen molar-refractivity contribution < 1.29 is 4.79 Å². The minimum atomic E-state index is 0.0346. The van der Waals surface area contributed by atoms with Crippen LogP contribution in [0, 0.1) is 6.92 Å². The second kappa shape index (κ2) is 6.73. The van der Waals surface area contributed by atoms with Crippen LogP contribution in [0.15, 0.2) is 40.1 Å². The Balaban J connectivity index is 1.81. The van der Waals surface area contributed by atoms with Crippen molar-refractivity contribution >= 4 is 29.0 Å². The van der Waals surface area contributed by atoms with Crippen LogP contribution < -0.4 is 5.32 Å². The zero-order valence-corrected chi connectivity index (χ0v) is 12.6. The molecule has 100 valence electrons. The van der Waals surface area contributed by atoms with Crippen molar-refractivity contribution in [2.75, 3.05) is 5.75 Å². The van der Waals surface area contributed by atoms with Gasteiger partial charge in [0.15, 0.2) is 4.34 Å². The molecule has 0 spiro atoms. The molecule has 0 aliphatic carbocycles. The van der Waals surface area contributed by atoms with Crippen LogP contribution in [0.5, 0.6) is 0 Å². The molecule has 1 N–H and O–H groups in total. The van der Waals surface area contributed by atoms with Crippen LogP contribution in [0.25, 0.3) is 0 Å². The molecule has 19 heavy (non-hydrogen) atoms. The summed E-state index contributed by atoms with van der Waals surface area (Å²) in [6.07, 6.45) is 0. The highest BCUT2D eigenvalue weighted by Gasteiger charge is 2.10. The second-order valence-corrected chi connectivity index (χ2v) is 6.32. The van der Waals surface area contributed by atoms with E-state index in [4.69, 9.17) is 0 Å². The van der Waals surface area contributed by atoms with Crippen LogP contribution in [-0.4, -0.2) is 16.6 Å². The molecule has 0 radical (unpaired) electrons. The van der Waals surface area contributed by atoms with Crippen molar-refractivity contribution in [3.05, 3.63) is 47.0 Å². The molecule has 1 amide bonds. The molecule has 2 aromatic rings. The van der Waals surface area contributed by atoms with Crippen LogP contribution in [0.1, 0.15) is 24.2 Å². The van der Waals surface area contributed by atoms with E-state index in [1.54, 1.807) is 11.3 Å². The molecule has 0 aliphatic rings. The highest BCUT2D eigenvalue weighted by atomic mass is 32.2. The van der Waals surface area contributed by atoms with Gasteiger partial charge in [0, 0.05) is 11.1 Å². The largest absolute Gasteiger partial charge is 0.349 e. The molecule has 0 bridgehead atoms. The molecule has 0 saturated carbocycles. The second-order valence-electron chi connectivity index (χ2n) is 4.24. The average molecular weight is 292 g/mol. The fourth-order valence-electron chi connectivity index (χ4n) is 1.63. The Labute approximate surface area is 121 Å². The molecule has 0 unspecified atom stereocenters. The fraction of sp³-hybridized carbons (Fsp3) is 0.286. The number of hydrogen-bond acceptors (Lipinski definition) is 4. The summed E-state index contributed by atoms with van der Waals surface area (Å²) in [7, 11) is 0. The Bertz CT molecular complexity index is 539. The van der Waals surface area contributed by atoms with Gasteiger partial charge >= 0.3 is 0 Å². The van der Waals surface area contributed by atoms with E-state index in [1.807, 2.05) is 49.6 Å². The van der Waals surface area contributed by atoms with Crippen molar-refractivity contribution in [1.29, 1.82) is 0 Å². The summed E-state index contributed by atoms with van der Waals surface area (Å²) in [6, 6.07) is 9.99. The zero-order chi connectivity index (χ0) is 13.7. The summed E-state index contributed by atoms with van der Waals surface area (Å²) >= 11 is 3.06. The van der Waals surface area contributed by atoms with Gasteiger partial charge in [0.2, 0.25) is 5.91 Å². The lowest BCUT2D eigenvalue weighted by atomic mass is 10.1. The van der Waals surface area contributed by atoms with Crippen LogP contribution in [0.4, 0.5) is 0 Å². The smallest absolute Gasteiger partial charge is 0.230 e. The first-order valence-corrected chi connectivity index (χ1v) is 7.91. The molecular weight excluding hydrogens is 276 g/mol. The van der Waals surface area contributed by atoms with E-state index >= 15 is 0 Å². The number of rotatable bonds is 5. The van der Waals surface area contributed by atoms with Gasteiger partial charge in [-0.25, -0.2) is 4.98 Å². The maximum atomic E-state index is 11.9. The third kappa shape index (κ3) is 4.36. The standard InChI is InChI=1S/C14H16N2OS2/c1-10-8-18-14(15-10)19-9-13(17)16-11(2)12-6-4-3-5-7-12/h3-8,11H,9H2,1-2H3,(H,16,17)/t11-/m1/s1. The number of nitrogens with one attached hydrogen (secondary N) is 1. The predicted octanol–water partition coefficient (Wildman–Crippen LogP) is 3.42. The molecule has 3 nitrogen and oxygen atoms in total. The number of aromatic nitrogens is 1. The topological polar surface area (TPSA) is 42.0 Å². The number of amides is 1. The lowest BCUT2D eigenvalue weighted by Gasteiger charge is -2.13. The van der Waals surface area contributed by atoms with Crippen molar-refractivity contribution in [3.63, 3.8) is 0 Å². The molecule has 1 aromatic carbocycles. The molecule has 2 rings (SSSR count). The summed E-state index contributed by atoms with van der Waals surface area (Å²) in [5.74, 6) is 0.443. The molecule has 1 aromatic heterocycles. The monoisotopic (exact) mass is 292 g/mol. The van der Waals surface area contributed by atoms with E-state index in [0.29, 0.717) is 5.75 Å².